The molecule has 0 unspecified atom stereocenters. The maximum atomic E-state index is 14.6. The minimum Gasteiger partial charge on any atom is -0.480 e. The van der Waals surface area contributed by atoms with Gasteiger partial charge in [-0.1, -0.05) is 85.8 Å². The van der Waals surface area contributed by atoms with Crippen LogP contribution >= 0.6 is 0 Å². The van der Waals surface area contributed by atoms with E-state index >= 15 is 0 Å². The van der Waals surface area contributed by atoms with E-state index < -0.39 is 29.8 Å². The summed E-state index contributed by atoms with van der Waals surface area (Å²) in [6, 6.07) is 24.6. The molecule has 2 atom stereocenters. The highest BCUT2D eigenvalue weighted by atomic mass is 19.1. The van der Waals surface area contributed by atoms with Crippen LogP contribution in [0.3, 0.4) is 0 Å². The molecule has 0 saturated carbocycles. The van der Waals surface area contributed by atoms with E-state index in [0.717, 1.165) is 22.3 Å². The number of halogens is 1. The fourth-order valence-corrected chi connectivity index (χ4v) is 5.05. The van der Waals surface area contributed by atoms with E-state index in [1.165, 1.54) is 6.07 Å². The van der Waals surface area contributed by atoms with Crippen molar-refractivity contribution in [1.29, 1.82) is 0 Å². The van der Waals surface area contributed by atoms with E-state index in [4.69, 9.17) is 4.74 Å². The summed E-state index contributed by atoms with van der Waals surface area (Å²) in [5.41, 5.74) is 4.85. The van der Waals surface area contributed by atoms with E-state index in [1.807, 2.05) is 48.5 Å². The van der Waals surface area contributed by atoms with Crippen molar-refractivity contribution in [2.45, 2.75) is 24.8 Å². The van der Waals surface area contributed by atoms with Crippen LogP contribution in [0.5, 0.6) is 0 Å². The molecule has 6 heteroatoms. The first-order valence-corrected chi connectivity index (χ1v) is 11.5. The minimum absolute atomic E-state index is 0.0729. The van der Waals surface area contributed by atoms with E-state index in [-0.39, 0.29) is 12.5 Å². The Bertz CT molecular complexity index is 1380. The fraction of sp³-hybridized carbons (Fsp3) is 0.172. The van der Waals surface area contributed by atoms with Gasteiger partial charge in [-0.05, 0) is 39.3 Å². The lowest BCUT2D eigenvalue weighted by atomic mass is 9.89. The number of carboxylic acid groups (broad SMARTS) is 1. The molecule has 0 saturated heterocycles. The third-order valence-electron chi connectivity index (χ3n) is 6.76. The zero-order valence-electron chi connectivity index (χ0n) is 19.1. The Morgan fingerprint density at radius 2 is 1.51 bits per heavy atom. The van der Waals surface area contributed by atoms with Gasteiger partial charge >= 0.3 is 12.1 Å². The van der Waals surface area contributed by atoms with Crippen molar-refractivity contribution in [3.05, 3.63) is 107 Å². The summed E-state index contributed by atoms with van der Waals surface area (Å²) in [5.74, 6) is -2.50. The van der Waals surface area contributed by atoms with Crippen molar-refractivity contribution in [2.75, 3.05) is 6.61 Å². The smallest absolute Gasteiger partial charge is 0.407 e. The van der Waals surface area contributed by atoms with E-state index in [2.05, 4.69) is 5.32 Å². The van der Waals surface area contributed by atoms with Gasteiger partial charge in [0.2, 0.25) is 0 Å². The van der Waals surface area contributed by atoms with Crippen LogP contribution in [0.15, 0.2) is 84.9 Å². The first kappa shape index (κ1) is 22.6. The second kappa shape index (κ2) is 9.22. The molecule has 2 N–H and O–H groups in total. The molecular formula is C29H24FNO4. The molecule has 1 aliphatic rings. The minimum atomic E-state index is -1.30. The third-order valence-corrected chi connectivity index (χ3v) is 6.76. The highest BCUT2D eigenvalue weighted by molar-refractivity contribution is 5.89. The number of hydrogen-bond acceptors (Lipinski definition) is 3. The van der Waals surface area contributed by atoms with Crippen LogP contribution in [0.2, 0.25) is 0 Å². The molecule has 0 aliphatic heterocycles. The molecule has 1 amide bonds. The van der Waals surface area contributed by atoms with E-state index in [9.17, 15) is 19.1 Å². The van der Waals surface area contributed by atoms with Gasteiger partial charge in [-0.15, -0.1) is 0 Å². The largest absolute Gasteiger partial charge is 0.480 e. The molecule has 35 heavy (non-hydrogen) atoms. The number of nitrogens with one attached hydrogen (secondary N) is 1. The first-order chi connectivity index (χ1) is 17.0. The van der Waals surface area contributed by atoms with Crippen molar-refractivity contribution < 1.29 is 23.8 Å². The Kier molecular flexibility index (Phi) is 5.95. The van der Waals surface area contributed by atoms with Crippen LogP contribution in [0.25, 0.3) is 21.9 Å². The maximum absolute atomic E-state index is 14.6. The van der Waals surface area contributed by atoms with Gasteiger partial charge in [0.1, 0.15) is 18.5 Å². The van der Waals surface area contributed by atoms with Crippen molar-refractivity contribution in [1.82, 2.24) is 5.32 Å². The number of benzene rings is 4. The zero-order chi connectivity index (χ0) is 24.5. The van der Waals surface area contributed by atoms with Crippen molar-refractivity contribution >= 4 is 22.8 Å². The van der Waals surface area contributed by atoms with Gasteiger partial charge in [-0.25, -0.2) is 14.0 Å². The van der Waals surface area contributed by atoms with Crippen LogP contribution in [0.4, 0.5) is 9.18 Å². The summed E-state index contributed by atoms with van der Waals surface area (Å²) in [5, 5.41) is 13.4. The average molecular weight is 470 g/mol. The van der Waals surface area contributed by atoms with Crippen LogP contribution in [0.1, 0.15) is 35.4 Å². The van der Waals surface area contributed by atoms with Gasteiger partial charge in [0, 0.05) is 17.2 Å². The lowest BCUT2D eigenvalue weighted by Crippen LogP contribution is -2.44. The summed E-state index contributed by atoms with van der Waals surface area (Å²) in [6.07, 6.45) is -0.827. The number of rotatable bonds is 6. The Hall–Kier alpha value is -4.19. The molecule has 4 aromatic carbocycles. The molecule has 0 fully saturated rings. The number of carbonyl (C=O) groups is 2. The highest BCUT2D eigenvalue weighted by Gasteiger charge is 2.32. The van der Waals surface area contributed by atoms with Crippen molar-refractivity contribution in [2.24, 2.45) is 0 Å². The third kappa shape index (κ3) is 4.12. The van der Waals surface area contributed by atoms with Crippen LogP contribution in [-0.4, -0.2) is 29.8 Å². The number of fused-ring (bicyclic) bond motifs is 4. The summed E-state index contributed by atoms with van der Waals surface area (Å²) < 4.78 is 20.1. The second-order valence-electron chi connectivity index (χ2n) is 8.76. The SMILES string of the molecule is C[C@@H](c1cccc2cccc(F)c12)[C@H](NC(=O)OCC1c2ccccc2-c2ccccc21)C(=O)O. The molecule has 0 aromatic heterocycles. The molecule has 0 spiro atoms. The second-order valence-corrected chi connectivity index (χ2v) is 8.76. The monoisotopic (exact) mass is 469 g/mol. The van der Waals surface area contributed by atoms with Gasteiger partial charge in [-0.3, -0.25) is 0 Å². The van der Waals surface area contributed by atoms with Crippen LogP contribution < -0.4 is 5.32 Å². The Morgan fingerprint density at radius 1 is 0.914 bits per heavy atom. The molecular weight excluding hydrogens is 445 g/mol. The van der Waals surface area contributed by atoms with Crippen LogP contribution in [-0.2, 0) is 9.53 Å². The van der Waals surface area contributed by atoms with E-state index in [0.29, 0.717) is 16.3 Å². The number of carboxylic acids is 1. The lowest BCUT2D eigenvalue weighted by molar-refractivity contribution is -0.139. The molecule has 0 heterocycles. The molecule has 4 aromatic rings. The van der Waals surface area contributed by atoms with Crippen LogP contribution in [0, 0.1) is 5.82 Å². The van der Waals surface area contributed by atoms with Gasteiger partial charge < -0.3 is 15.2 Å². The average Bonchev–Trinajstić information content (AvgIpc) is 3.19. The normalized spacial score (nSPS) is 14.1. The number of ether oxygens (including phenoxy) is 1. The quantitative estimate of drug-likeness (QED) is 0.359. The fourth-order valence-electron chi connectivity index (χ4n) is 5.05. The Balaban J connectivity index is 1.34. The molecule has 5 rings (SSSR count). The highest BCUT2D eigenvalue weighted by Crippen LogP contribution is 2.44. The summed E-state index contributed by atoms with van der Waals surface area (Å²) in [4.78, 5) is 24.8. The summed E-state index contributed by atoms with van der Waals surface area (Å²) >= 11 is 0. The predicted octanol–water partition coefficient (Wildman–Crippen LogP) is 6.07. The zero-order valence-corrected chi connectivity index (χ0v) is 19.1. The standard InChI is InChI=1S/C29H24FNO4/c1-17(19-14-6-8-18-9-7-15-25(30)26(18)19)27(28(32)33)31-29(34)35-16-24-22-12-4-2-10-20(22)21-11-3-5-13-23(21)24/h2-15,17,24,27H,16H2,1H3,(H,31,34)(H,32,33)/t17-,27-/m0/s1. The predicted molar refractivity (Wildman–Crippen MR) is 132 cm³/mol. The van der Waals surface area contributed by atoms with Gasteiger partial charge in [-0.2, -0.15) is 0 Å². The molecule has 176 valence electrons. The lowest BCUT2D eigenvalue weighted by Gasteiger charge is -2.23. The number of hydrogen-bond donors (Lipinski definition) is 2. The Labute approximate surface area is 202 Å². The molecule has 0 radical (unpaired) electrons. The molecule has 1 aliphatic carbocycles. The Morgan fingerprint density at radius 3 is 2.14 bits per heavy atom. The number of carbonyl (C=O) groups excluding carboxylic acids is 1. The van der Waals surface area contributed by atoms with Crippen molar-refractivity contribution in [3.63, 3.8) is 0 Å². The van der Waals surface area contributed by atoms with Gasteiger partial charge in [0.05, 0.1) is 0 Å². The maximum Gasteiger partial charge on any atom is 0.407 e. The number of aliphatic carboxylic acids is 1. The topological polar surface area (TPSA) is 75.6 Å². The summed E-state index contributed by atoms with van der Waals surface area (Å²) in [6.45, 7) is 1.73. The van der Waals surface area contributed by atoms with Gasteiger partial charge in [0.25, 0.3) is 0 Å². The van der Waals surface area contributed by atoms with E-state index in [1.54, 1.807) is 37.3 Å². The van der Waals surface area contributed by atoms with Gasteiger partial charge in [0.15, 0.2) is 0 Å². The number of amides is 1. The summed E-state index contributed by atoms with van der Waals surface area (Å²) in [7, 11) is 0. The first-order valence-electron chi connectivity index (χ1n) is 11.5. The molecule has 5 nitrogen and oxygen atoms in total. The molecule has 0 bridgehead atoms. The number of alkyl carbamates (subject to hydrolysis) is 1. The van der Waals surface area contributed by atoms with Crippen molar-refractivity contribution in [3.8, 4) is 11.1 Å².